The highest BCUT2D eigenvalue weighted by Gasteiger charge is 2.06. The molecule has 1 aromatic carbocycles. The van der Waals surface area contributed by atoms with Gasteiger partial charge in [0, 0.05) is 18.2 Å². The summed E-state index contributed by atoms with van der Waals surface area (Å²) in [5.74, 6) is -0.338. The summed E-state index contributed by atoms with van der Waals surface area (Å²) < 4.78 is 0. The van der Waals surface area contributed by atoms with E-state index in [4.69, 9.17) is 28.9 Å². The van der Waals surface area contributed by atoms with Gasteiger partial charge in [0.15, 0.2) is 0 Å². The number of carbonyl (C=O) groups is 1. The minimum absolute atomic E-state index is 0.0280. The number of nitrogens with one attached hydrogen (secondary N) is 1. The number of halogens is 2. The van der Waals surface area contributed by atoms with Gasteiger partial charge in [-0.1, -0.05) is 23.2 Å². The standard InChI is InChI=1S/C10H12Cl2N2O/c1-6(4-10(13)15)14-7-2-3-8(11)9(12)5-7/h2-3,5-6,14H,4H2,1H3,(H2,13,15). The van der Waals surface area contributed by atoms with Crippen molar-refractivity contribution in [1.82, 2.24) is 0 Å². The summed E-state index contributed by atoms with van der Waals surface area (Å²) in [6, 6.07) is 5.18. The van der Waals surface area contributed by atoms with Gasteiger partial charge in [0.2, 0.25) is 5.91 Å². The molecule has 1 rings (SSSR count). The molecule has 1 unspecified atom stereocenters. The number of hydrogen-bond acceptors (Lipinski definition) is 2. The van der Waals surface area contributed by atoms with Crippen LogP contribution in [0.2, 0.25) is 10.0 Å². The van der Waals surface area contributed by atoms with Gasteiger partial charge in [-0.3, -0.25) is 4.79 Å². The second kappa shape index (κ2) is 5.24. The zero-order valence-electron chi connectivity index (χ0n) is 8.26. The van der Waals surface area contributed by atoms with Crippen LogP contribution in [0.4, 0.5) is 5.69 Å². The number of nitrogens with two attached hydrogens (primary N) is 1. The fourth-order valence-corrected chi connectivity index (χ4v) is 1.52. The molecule has 1 aromatic rings. The summed E-state index contributed by atoms with van der Waals surface area (Å²) in [7, 11) is 0. The largest absolute Gasteiger partial charge is 0.382 e. The van der Waals surface area contributed by atoms with Crippen molar-refractivity contribution < 1.29 is 4.79 Å². The molecule has 0 heterocycles. The number of hydrogen-bond donors (Lipinski definition) is 2. The third-order valence-electron chi connectivity index (χ3n) is 1.84. The quantitative estimate of drug-likeness (QED) is 0.859. The lowest BCUT2D eigenvalue weighted by atomic mass is 10.2. The average Bonchev–Trinajstić information content (AvgIpc) is 2.10. The second-order valence-corrected chi connectivity index (χ2v) is 4.16. The summed E-state index contributed by atoms with van der Waals surface area (Å²) in [6.07, 6.45) is 0.278. The van der Waals surface area contributed by atoms with Gasteiger partial charge in [-0.15, -0.1) is 0 Å². The normalized spacial score (nSPS) is 12.2. The SMILES string of the molecule is CC(CC(N)=O)Nc1ccc(Cl)c(Cl)c1. The van der Waals surface area contributed by atoms with Gasteiger partial charge in [-0.05, 0) is 25.1 Å². The van der Waals surface area contributed by atoms with E-state index in [1.54, 1.807) is 18.2 Å². The molecular weight excluding hydrogens is 235 g/mol. The van der Waals surface area contributed by atoms with Crippen LogP contribution in [0.5, 0.6) is 0 Å². The average molecular weight is 247 g/mol. The van der Waals surface area contributed by atoms with Crippen LogP contribution in [0, 0.1) is 0 Å². The molecule has 1 amide bonds. The molecule has 0 aliphatic heterocycles. The van der Waals surface area contributed by atoms with Crippen molar-refractivity contribution in [2.75, 3.05) is 5.32 Å². The van der Waals surface area contributed by atoms with Crippen LogP contribution in [-0.2, 0) is 4.79 Å². The maximum atomic E-state index is 10.7. The number of carbonyl (C=O) groups excluding carboxylic acids is 1. The van der Waals surface area contributed by atoms with E-state index in [1.165, 1.54) is 0 Å². The van der Waals surface area contributed by atoms with Gasteiger partial charge in [0.05, 0.1) is 10.0 Å². The predicted octanol–water partition coefficient (Wildman–Crippen LogP) is 2.67. The van der Waals surface area contributed by atoms with Crippen LogP contribution < -0.4 is 11.1 Å². The van der Waals surface area contributed by atoms with Gasteiger partial charge in [0.1, 0.15) is 0 Å². The summed E-state index contributed by atoms with van der Waals surface area (Å²) >= 11 is 11.6. The highest BCUT2D eigenvalue weighted by molar-refractivity contribution is 6.42. The van der Waals surface area contributed by atoms with E-state index in [1.807, 2.05) is 6.92 Å². The smallest absolute Gasteiger partial charge is 0.219 e. The van der Waals surface area contributed by atoms with Crippen molar-refractivity contribution in [2.45, 2.75) is 19.4 Å². The van der Waals surface area contributed by atoms with Gasteiger partial charge in [0.25, 0.3) is 0 Å². The molecule has 5 heteroatoms. The first kappa shape index (κ1) is 12.1. The van der Waals surface area contributed by atoms with Crippen LogP contribution in [0.3, 0.4) is 0 Å². The van der Waals surface area contributed by atoms with Crippen molar-refractivity contribution in [1.29, 1.82) is 0 Å². The van der Waals surface area contributed by atoms with Gasteiger partial charge >= 0.3 is 0 Å². The van der Waals surface area contributed by atoms with E-state index < -0.39 is 0 Å². The molecule has 3 N–H and O–H groups in total. The van der Waals surface area contributed by atoms with E-state index in [0.717, 1.165) is 5.69 Å². The topological polar surface area (TPSA) is 55.1 Å². The van der Waals surface area contributed by atoms with Crippen molar-refractivity contribution in [3.05, 3.63) is 28.2 Å². The first-order chi connectivity index (χ1) is 6.99. The van der Waals surface area contributed by atoms with E-state index in [0.29, 0.717) is 10.0 Å². The van der Waals surface area contributed by atoms with E-state index >= 15 is 0 Å². The third kappa shape index (κ3) is 3.98. The molecule has 0 saturated carbocycles. The van der Waals surface area contributed by atoms with Crippen LogP contribution >= 0.6 is 23.2 Å². The maximum absolute atomic E-state index is 10.7. The molecule has 0 saturated heterocycles. The molecule has 1 atom stereocenters. The first-order valence-electron chi connectivity index (χ1n) is 4.49. The second-order valence-electron chi connectivity index (χ2n) is 3.34. The molecule has 0 radical (unpaired) electrons. The number of rotatable bonds is 4. The monoisotopic (exact) mass is 246 g/mol. The van der Waals surface area contributed by atoms with Crippen LogP contribution in [0.1, 0.15) is 13.3 Å². The zero-order valence-corrected chi connectivity index (χ0v) is 9.77. The molecule has 0 aromatic heterocycles. The molecule has 0 bridgehead atoms. The number of anilines is 1. The van der Waals surface area contributed by atoms with E-state index in [2.05, 4.69) is 5.32 Å². The Bertz CT molecular complexity index is 368. The summed E-state index contributed by atoms with van der Waals surface area (Å²) in [6.45, 7) is 1.87. The highest BCUT2D eigenvalue weighted by atomic mass is 35.5. The maximum Gasteiger partial charge on any atom is 0.219 e. The number of benzene rings is 1. The Hall–Kier alpha value is -0.930. The Morgan fingerprint density at radius 1 is 1.47 bits per heavy atom. The van der Waals surface area contributed by atoms with Crippen LogP contribution in [0.15, 0.2) is 18.2 Å². The van der Waals surface area contributed by atoms with E-state index in [-0.39, 0.29) is 18.4 Å². The summed E-state index contributed by atoms with van der Waals surface area (Å²) in [4.78, 5) is 10.7. The molecule has 0 fully saturated rings. The van der Waals surface area contributed by atoms with Gasteiger partial charge in [-0.25, -0.2) is 0 Å². The molecule has 3 nitrogen and oxygen atoms in total. The van der Waals surface area contributed by atoms with Crippen LogP contribution in [-0.4, -0.2) is 11.9 Å². The molecule has 0 spiro atoms. The Balaban J connectivity index is 2.64. The van der Waals surface area contributed by atoms with Crippen molar-refractivity contribution >= 4 is 34.8 Å². The molecule has 15 heavy (non-hydrogen) atoms. The first-order valence-corrected chi connectivity index (χ1v) is 5.24. The lowest BCUT2D eigenvalue weighted by molar-refractivity contribution is -0.118. The van der Waals surface area contributed by atoms with Crippen LogP contribution in [0.25, 0.3) is 0 Å². The zero-order chi connectivity index (χ0) is 11.4. The van der Waals surface area contributed by atoms with Gasteiger partial charge < -0.3 is 11.1 Å². The lowest BCUT2D eigenvalue weighted by Gasteiger charge is -2.13. The predicted molar refractivity (Wildman–Crippen MR) is 63.4 cm³/mol. The minimum atomic E-state index is -0.338. The Labute approximate surface area is 98.5 Å². The molecule has 0 aliphatic carbocycles. The van der Waals surface area contributed by atoms with E-state index in [9.17, 15) is 4.79 Å². The lowest BCUT2D eigenvalue weighted by Crippen LogP contribution is -2.23. The third-order valence-corrected chi connectivity index (χ3v) is 2.58. The highest BCUT2D eigenvalue weighted by Crippen LogP contribution is 2.25. The minimum Gasteiger partial charge on any atom is -0.382 e. The van der Waals surface area contributed by atoms with Crippen molar-refractivity contribution in [3.63, 3.8) is 0 Å². The fraction of sp³-hybridized carbons (Fsp3) is 0.300. The fourth-order valence-electron chi connectivity index (χ4n) is 1.22. The number of amides is 1. The van der Waals surface area contributed by atoms with Gasteiger partial charge in [-0.2, -0.15) is 0 Å². The summed E-state index contributed by atoms with van der Waals surface area (Å²) in [5.41, 5.74) is 5.89. The Morgan fingerprint density at radius 3 is 2.67 bits per heavy atom. The van der Waals surface area contributed by atoms with Crippen molar-refractivity contribution in [2.24, 2.45) is 5.73 Å². The Kier molecular flexibility index (Phi) is 4.24. The van der Waals surface area contributed by atoms with Crippen molar-refractivity contribution in [3.8, 4) is 0 Å². The Morgan fingerprint density at radius 2 is 2.13 bits per heavy atom. The molecule has 82 valence electrons. The summed E-state index contributed by atoms with van der Waals surface area (Å²) in [5, 5.41) is 4.08. The molecule has 0 aliphatic rings. The molecular formula is C10H12Cl2N2O. The number of primary amides is 1.